The van der Waals surface area contributed by atoms with Crippen molar-refractivity contribution in [3.63, 3.8) is 0 Å². The summed E-state index contributed by atoms with van der Waals surface area (Å²) in [7, 11) is 1.93. The molecule has 2 aromatic rings. The summed E-state index contributed by atoms with van der Waals surface area (Å²) in [5.41, 5.74) is 2.35. The first-order chi connectivity index (χ1) is 17.0. The lowest BCUT2D eigenvalue weighted by Crippen LogP contribution is -2.42. The molecule has 3 rings (SSSR count). The van der Waals surface area contributed by atoms with Gasteiger partial charge >= 0.3 is 0 Å². The van der Waals surface area contributed by atoms with Crippen LogP contribution in [0.3, 0.4) is 0 Å². The van der Waals surface area contributed by atoms with Crippen molar-refractivity contribution >= 4 is 23.4 Å². The molecule has 0 radical (unpaired) electrons. The Bertz CT molecular complexity index is 962. The first-order valence-electron chi connectivity index (χ1n) is 12.6. The molecule has 0 bridgehead atoms. The van der Waals surface area contributed by atoms with Crippen LogP contribution in [0.15, 0.2) is 48.5 Å². The van der Waals surface area contributed by atoms with Gasteiger partial charge in [-0.15, -0.1) is 0 Å². The maximum absolute atomic E-state index is 13.2. The number of amides is 2. The van der Waals surface area contributed by atoms with Crippen molar-refractivity contribution in [3.05, 3.63) is 70.2 Å². The third-order valence-corrected chi connectivity index (χ3v) is 6.73. The maximum Gasteiger partial charge on any atom is 0.251 e. The van der Waals surface area contributed by atoms with E-state index in [0.29, 0.717) is 29.7 Å². The van der Waals surface area contributed by atoms with Crippen molar-refractivity contribution in [2.24, 2.45) is 5.92 Å². The van der Waals surface area contributed by atoms with Crippen molar-refractivity contribution in [3.8, 4) is 0 Å². The molecular formula is C28H38ClN3O3. The van der Waals surface area contributed by atoms with Gasteiger partial charge in [0, 0.05) is 36.6 Å². The molecule has 2 aromatic carbocycles. The molecule has 0 aliphatic heterocycles. The topological polar surface area (TPSA) is 79.5 Å². The fourth-order valence-corrected chi connectivity index (χ4v) is 5.03. The molecule has 2 amide bonds. The zero-order valence-corrected chi connectivity index (χ0v) is 21.6. The first-order valence-corrected chi connectivity index (χ1v) is 13.0. The van der Waals surface area contributed by atoms with E-state index in [2.05, 4.69) is 16.0 Å². The highest BCUT2D eigenvalue weighted by Crippen LogP contribution is 2.29. The van der Waals surface area contributed by atoms with Gasteiger partial charge in [-0.2, -0.15) is 0 Å². The highest BCUT2D eigenvalue weighted by molar-refractivity contribution is 6.30. The Kier molecular flexibility index (Phi) is 11.0. The monoisotopic (exact) mass is 499 g/mol. The van der Waals surface area contributed by atoms with E-state index in [-0.39, 0.29) is 17.9 Å². The fourth-order valence-electron chi connectivity index (χ4n) is 4.84. The minimum atomic E-state index is -0.412. The predicted molar refractivity (Wildman–Crippen MR) is 141 cm³/mol. The number of hydrogen-bond acceptors (Lipinski definition) is 4. The summed E-state index contributed by atoms with van der Waals surface area (Å²) in [6.45, 7) is 2.96. The smallest absolute Gasteiger partial charge is 0.251 e. The summed E-state index contributed by atoms with van der Waals surface area (Å²) in [6.07, 6.45) is 7.01. The van der Waals surface area contributed by atoms with Gasteiger partial charge in [0.2, 0.25) is 5.91 Å². The average molecular weight is 500 g/mol. The van der Waals surface area contributed by atoms with Gasteiger partial charge in [-0.1, -0.05) is 68.0 Å². The van der Waals surface area contributed by atoms with Crippen LogP contribution < -0.4 is 16.0 Å². The lowest BCUT2D eigenvalue weighted by Gasteiger charge is -2.27. The molecule has 0 aromatic heterocycles. The average Bonchev–Trinajstić information content (AvgIpc) is 2.84. The van der Waals surface area contributed by atoms with E-state index in [0.717, 1.165) is 24.1 Å². The van der Waals surface area contributed by atoms with Gasteiger partial charge in [-0.25, -0.2) is 0 Å². The molecule has 1 fully saturated rings. The van der Waals surface area contributed by atoms with Gasteiger partial charge in [0.15, 0.2) is 0 Å². The van der Waals surface area contributed by atoms with Crippen LogP contribution in [-0.2, 0) is 9.53 Å². The van der Waals surface area contributed by atoms with Crippen molar-refractivity contribution < 1.29 is 14.3 Å². The number of rotatable bonds is 12. The molecule has 1 aliphatic rings. The third-order valence-electron chi connectivity index (χ3n) is 6.49. The normalized spacial score (nSPS) is 15.9. The molecule has 1 aliphatic carbocycles. The molecule has 0 heterocycles. The molecule has 1 unspecified atom stereocenters. The van der Waals surface area contributed by atoms with E-state index < -0.39 is 6.10 Å². The quantitative estimate of drug-likeness (QED) is 0.364. The van der Waals surface area contributed by atoms with Gasteiger partial charge in [-0.05, 0) is 54.8 Å². The standard InChI is InChI=1S/C28H38ClN3O3/c1-20(33)31-14-15-35-27(23-11-7-13-25(29)18-23)22-10-6-12-24(17-22)28(34)32-26(19-30-2)16-21-8-4-3-5-9-21/h6-7,10-13,17-18,21,26-27,30H,3-5,8-9,14-16,19H2,1-2H3,(H,31,33)(H,32,34)/t26-,27?/m0/s1. The van der Waals surface area contributed by atoms with Gasteiger partial charge < -0.3 is 20.7 Å². The SMILES string of the molecule is CNC[C@H](CC1CCCCC1)NC(=O)c1cccc(C(OCCNC(C)=O)c2cccc(Cl)c2)c1. The van der Waals surface area contributed by atoms with Gasteiger partial charge in [-0.3, -0.25) is 9.59 Å². The molecule has 7 heteroatoms. The van der Waals surface area contributed by atoms with Crippen LogP contribution in [0, 0.1) is 5.92 Å². The zero-order valence-electron chi connectivity index (χ0n) is 20.8. The van der Waals surface area contributed by atoms with E-state index in [1.807, 2.05) is 55.6 Å². The summed E-state index contributed by atoms with van der Waals surface area (Å²) in [6, 6.07) is 15.2. The minimum Gasteiger partial charge on any atom is -0.367 e. The lowest BCUT2D eigenvalue weighted by molar-refractivity contribution is -0.119. The number of ether oxygens (including phenoxy) is 1. The molecule has 6 nitrogen and oxygen atoms in total. The van der Waals surface area contributed by atoms with Gasteiger partial charge in [0.1, 0.15) is 6.10 Å². The number of halogens is 1. The van der Waals surface area contributed by atoms with Gasteiger partial charge in [0.05, 0.1) is 6.61 Å². The molecule has 35 heavy (non-hydrogen) atoms. The Hall–Kier alpha value is -2.41. The zero-order chi connectivity index (χ0) is 25.0. The van der Waals surface area contributed by atoms with Crippen molar-refractivity contribution in [1.82, 2.24) is 16.0 Å². The molecule has 190 valence electrons. The molecular weight excluding hydrogens is 462 g/mol. The number of nitrogens with one attached hydrogen (secondary N) is 3. The summed E-state index contributed by atoms with van der Waals surface area (Å²) in [5, 5.41) is 9.85. The molecule has 0 spiro atoms. The number of likely N-dealkylation sites (N-methyl/N-ethyl adjacent to an activating group) is 1. The van der Waals surface area contributed by atoms with E-state index in [4.69, 9.17) is 16.3 Å². The van der Waals surface area contributed by atoms with E-state index in [9.17, 15) is 9.59 Å². The van der Waals surface area contributed by atoms with Crippen LogP contribution in [-0.4, -0.2) is 44.6 Å². The number of hydrogen-bond donors (Lipinski definition) is 3. The fraction of sp³-hybridized carbons (Fsp3) is 0.500. The Morgan fingerprint density at radius 3 is 2.46 bits per heavy atom. The highest BCUT2D eigenvalue weighted by Gasteiger charge is 2.22. The summed E-state index contributed by atoms with van der Waals surface area (Å²) in [4.78, 5) is 24.4. The van der Waals surface area contributed by atoms with Gasteiger partial charge in [0.25, 0.3) is 5.91 Å². The number of carbonyl (C=O) groups excluding carboxylic acids is 2. The highest BCUT2D eigenvalue weighted by atomic mass is 35.5. The Balaban J connectivity index is 1.74. The minimum absolute atomic E-state index is 0.0778. The Morgan fingerprint density at radius 2 is 1.77 bits per heavy atom. The second-order valence-corrected chi connectivity index (χ2v) is 9.82. The lowest BCUT2D eigenvalue weighted by atomic mass is 9.84. The van der Waals surface area contributed by atoms with Crippen LogP contribution in [0.1, 0.15) is 73.0 Å². The third kappa shape index (κ3) is 8.95. The van der Waals surface area contributed by atoms with E-state index in [1.165, 1.54) is 39.0 Å². The van der Waals surface area contributed by atoms with E-state index in [1.54, 1.807) is 0 Å². The van der Waals surface area contributed by atoms with Crippen LogP contribution >= 0.6 is 11.6 Å². The van der Waals surface area contributed by atoms with Crippen molar-refractivity contribution in [2.75, 3.05) is 26.7 Å². The first kappa shape index (κ1) is 27.2. The molecule has 0 saturated heterocycles. The van der Waals surface area contributed by atoms with Crippen LogP contribution in [0.2, 0.25) is 5.02 Å². The van der Waals surface area contributed by atoms with Crippen molar-refractivity contribution in [2.45, 2.75) is 57.6 Å². The maximum atomic E-state index is 13.2. The number of carbonyl (C=O) groups is 2. The Labute approximate surface area is 214 Å². The van der Waals surface area contributed by atoms with Crippen molar-refractivity contribution in [1.29, 1.82) is 0 Å². The second kappa shape index (κ2) is 14.2. The van der Waals surface area contributed by atoms with Crippen LogP contribution in [0.25, 0.3) is 0 Å². The molecule has 2 atom stereocenters. The Morgan fingerprint density at radius 1 is 1.06 bits per heavy atom. The van der Waals surface area contributed by atoms with E-state index >= 15 is 0 Å². The molecule has 1 saturated carbocycles. The van der Waals surface area contributed by atoms with Crippen LogP contribution in [0.5, 0.6) is 0 Å². The predicted octanol–water partition coefficient (Wildman–Crippen LogP) is 4.87. The second-order valence-electron chi connectivity index (χ2n) is 9.38. The summed E-state index contributed by atoms with van der Waals surface area (Å²) >= 11 is 6.25. The summed E-state index contributed by atoms with van der Waals surface area (Å²) < 4.78 is 6.16. The molecule has 3 N–H and O–H groups in total. The largest absolute Gasteiger partial charge is 0.367 e. The summed E-state index contributed by atoms with van der Waals surface area (Å²) in [5.74, 6) is 0.500. The van der Waals surface area contributed by atoms with Crippen LogP contribution in [0.4, 0.5) is 0 Å². The number of benzene rings is 2.